The van der Waals surface area contributed by atoms with E-state index in [1.807, 2.05) is 36.4 Å². The van der Waals surface area contributed by atoms with Crippen molar-refractivity contribution in [3.63, 3.8) is 0 Å². The lowest BCUT2D eigenvalue weighted by Crippen LogP contribution is -2.64. The highest BCUT2D eigenvalue weighted by Crippen LogP contribution is 2.18. The zero-order chi connectivity index (χ0) is 15.5. The Hall–Kier alpha value is -1.50. The summed E-state index contributed by atoms with van der Waals surface area (Å²) in [6.45, 7) is 2.70. The number of benzene rings is 2. The molecule has 2 fully saturated rings. The normalized spacial score (nSPS) is 22.8. The minimum atomic E-state index is -2.75. The lowest BCUT2D eigenvalue weighted by molar-refractivity contribution is 0.164. The summed E-state index contributed by atoms with van der Waals surface area (Å²) in [6, 6.07) is 20.6. The smallest absolute Gasteiger partial charge is 0.385 e. The standard InChI is InChI=1S/C18H20O4Si/c1-3-7-17(8-4-1)23(21-13-15-11-19-15,22-14-16-12-20-16)18-9-5-2-6-10-18/h1-10,15-16H,11-14H2. The van der Waals surface area contributed by atoms with Crippen molar-refractivity contribution in [2.45, 2.75) is 12.2 Å². The van der Waals surface area contributed by atoms with E-state index >= 15 is 0 Å². The lowest BCUT2D eigenvalue weighted by Gasteiger charge is -2.31. The van der Waals surface area contributed by atoms with E-state index < -0.39 is 8.56 Å². The van der Waals surface area contributed by atoms with Gasteiger partial charge < -0.3 is 18.3 Å². The summed E-state index contributed by atoms with van der Waals surface area (Å²) < 4.78 is 23.5. The third-order valence-corrected chi connectivity index (χ3v) is 7.39. The molecule has 120 valence electrons. The van der Waals surface area contributed by atoms with Gasteiger partial charge in [0.05, 0.1) is 26.4 Å². The van der Waals surface area contributed by atoms with E-state index in [0.717, 1.165) is 23.6 Å². The minimum Gasteiger partial charge on any atom is -0.385 e. The number of ether oxygens (including phenoxy) is 2. The highest BCUT2D eigenvalue weighted by atomic mass is 28.4. The zero-order valence-electron chi connectivity index (χ0n) is 12.9. The molecule has 0 aromatic heterocycles. The monoisotopic (exact) mass is 328 g/mol. The molecule has 0 radical (unpaired) electrons. The Balaban J connectivity index is 1.70. The Morgan fingerprint density at radius 3 is 1.48 bits per heavy atom. The van der Waals surface area contributed by atoms with Crippen LogP contribution >= 0.6 is 0 Å². The Bertz CT molecular complexity index is 568. The molecule has 0 N–H and O–H groups in total. The van der Waals surface area contributed by atoms with Gasteiger partial charge in [0.25, 0.3) is 0 Å². The first-order valence-electron chi connectivity index (χ1n) is 7.99. The first-order chi connectivity index (χ1) is 11.4. The summed E-state index contributed by atoms with van der Waals surface area (Å²) in [7, 11) is -2.75. The molecule has 2 aromatic rings. The largest absolute Gasteiger partial charge is 0.407 e. The first-order valence-corrected chi connectivity index (χ1v) is 9.81. The zero-order valence-corrected chi connectivity index (χ0v) is 13.9. The Morgan fingerprint density at radius 2 is 1.13 bits per heavy atom. The molecule has 4 nitrogen and oxygen atoms in total. The van der Waals surface area contributed by atoms with Crippen molar-refractivity contribution in [2.24, 2.45) is 0 Å². The Morgan fingerprint density at radius 1 is 0.739 bits per heavy atom. The van der Waals surface area contributed by atoms with Gasteiger partial charge in [0.2, 0.25) is 0 Å². The van der Waals surface area contributed by atoms with E-state index in [-0.39, 0.29) is 12.2 Å². The summed E-state index contributed by atoms with van der Waals surface area (Å²) in [5, 5.41) is 2.24. The van der Waals surface area contributed by atoms with Crippen LogP contribution in [0.3, 0.4) is 0 Å². The number of hydrogen-bond donors (Lipinski definition) is 0. The topological polar surface area (TPSA) is 43.5 Å². The molecule has 0 spiro atoms. The molecule has 0 bridgehead atoms. The Labute approximate surface area is 137 Å². The summed E-state index contributed by atoms with van der Waals surface area (Å²) in [4.78, 5) is 0. The summed E-state index contributed by atoms with van der Waals surface area (Å²) in [5.74, 6) is 0. The molecule has 2 aliphatic heterocycles. The van der Waals surface area contributed by atoms with Crippen LogP contribution in [-0.4, -0.2) is 47.2 Å². The van der Waals surface area contributed by atoms with Crippen molar-refractivity contribution in [1.82, 2.24) is 0 Å². The van der Waals surface area contributed by atoms with E-state index in [1.165, 1.54) is 0 Å². The highest BCUT2D eigenvalue weighted by Gasteiger charge is 2.45. The molecule has 0 aliphatic carbocycles. The van der Waals surface area contributed by atoms with Crippen LogP contribution in [-0.2, 0) is 18.3 Å². The predicted molar refractivity (Wildman–Crippen MR) is 89.3 cm³/mol. The summed E-state index contributed by atoms with van der Waals surface area (Å²) in [6.07, 6.45) is 0.408. The minimum absolute atomic E-state index is 0.204. The first kappa shape index (κ1) is 15.0. The molecule has 23 heavy (non-hydrogen) atoms. The van der Waals surface area contributed by atoms with Crippen molar-refractivity contribution in [3.05, 3.63) is 60.7 Å². The second kappa shape index (κ2) is 6.55. The fourth-order valence-electron chi connectivity index (χ4n) is 2.61. The van der Waals surface area contributed by atoms with Crippen molar-refractivity contribution in [2.75, 3.05) is 26.4 Å². The molecule has 0 saturated carbocycles. The van der Waals surface area contributed by atoms with Crippen molar-refractivity contribution < 1.29 is 18.3 Å². The van der Waals surface area contributed by atoms with E-state index in [0.29, 0.717) is 13.2 Å². The average Bonchev–Trinajstić information content (AvgIpc) is 3.51. The molecule has 2 unspecified atom stereocenters. The highest BCUT2D eigenvalue weighted by molar-refractivity contribution is 6.92. The third kappa shape index (κ3) is 3.54. The van der Waals surface area contributed by atoms with E-state index in [9.17, 15) is 0 Å². The molecule has 2 aromatic carbocycles. The maximum absolute atomic E-state index is 6.44. The molecular formula is C18H20O4Si. The van der Waals surface area contributed by atoms with Gasteiger partial charge >= 0.3 is 8.56 Å². The van der Waals surface area contributed by atoms with E-state index in [4.69, 9.17) is 18.3 Å². The van der Waals surface area contributed by atoms with Gasteiger partial charge in [-0.05, 0) is 10.4 Å². The van der Waals surface area contributed by atoms with Gasteiger partial charge in [0, 0.05) is 0 Å². The van der Waals surface area contributed by atoms with Crippen molar-refractivity contribution >= 4 is 18.9 Å². The van der Waals surface area contributed by atoms with Crippen LogP contribution in [0.4, 0.5) is 0 Å². The second-order valence-electron chi connectivity index (χ2n) is 5.88. The van der Waals surface area contributed by atoms with Crippen molar-refractivity contribution in [3.8, 4) is 0 Å². The number of hydrogen-bond acceptors (Lipinski definition) is 4. The van der Waals surface area contributed by atoms with Crippen LogP contribution in [0.25, 0.3) is 0 Å². The maximum Gasteiger partial charge on any atom is 0.407 e. The van der Waals surface area contributed by atoms with Gasteiger partial charge in [0.1, 0.15) is 12.2 Å². The van der Waals surface area contributed by atoms with Crippen molar-refractivity contribution in [1.29, 1.82) is 0 Å². The summed E-state index contributed by atoms with van der Waals surface area (Å²) >= 11 is 0. The molecule has 0 amide bonds. The van der Waals surface area contributed by atoms with Crippen LogP contribution in [0, 0.1) is 0 Å². The fraction of sp³-hybridized carbons (Fsp3) is 0.333. The van der Waals surface area contributed by atoms with Gasteiger partial charge in [-0.2, -0.15) is 0 Å². The fourth-order valence-corrected chi connectivity index (χ4v) is 5.79. The molecule has 2 atom stereocenters. The van der Waals surface area contributed by atoms with Crippen LogP contribution in [0.15, 0.2) is 60.7 Å². The predicted octanol–water partition coefficient (Wildman–Crippen LogP) is 1.07. The van der Waals surface area contributed by atoms with Crippen LogP contribution in [0.2, 0.25) is 0 Å². The average molecular weight is 328 g/mol. The number of rotatable bonds is 8. The van der Waals surface area contributed by atoms with Gasteiger partial charge in [-0.25, -0.2) is 0 Å². The molecule has 4 rings (SSSR count). The van der Waals surface area contributed by atoms with Crippen LogP contribution in [0.1, 0.15) is 0 Å². The quantitative estimate of drug-likeness (QED) is 0.537. The van der Waals surface area contributed by atoms with Crippen LogP contribution < -0.4 is 10.4 Å². The molecule has 2 heterocycles. The molecule has 2 saturated heterocycles. The van der Waals surface area contributed by atoms with Gasteiger partial charge in [-0.3, -0.25) is 0 Å². The number of epoxide rings is 2. The third-order valence-electron chi connectivity index (χ3n) is 4.06. The Kier molecular flexibility index (Phi) is 4.28. The summed E-state index contributed by atoms with van der Waals surface area (Å²) in [5.41, 5.74) is 0. The van der Waals surface area contributed by atoms with Gasteiger partial charge in [-0.1, -0.05) is 60.7 Å². The molecule has 5 heteroatoms. The molecular weight excluding hydrogens is 308 g/mol. The van der Waals surface area contributed by atoms with Gasteiger partial charge in [-0.15, -0.1) is 0 Å². The molecule has 2 aliphatic rings. The second-order valence-corrected chi connectivity index (χ2v) is 8.85. The van der Waals surface area contributed by atoms with E-state index in [1.54, 1.807) is 0 Å². The lowest BCUT2D eigenvalue weighted by atomic mass is 10.4. The SMILES string of the molecule is c1ccc([Si](OCC2CO2)(OCC2CO2)c2ccccc2)cc1. The van der Waals surface area contributed by atoms with Gasteiger partial charge in [0.15, 0.2) is 0 Å². The van der Waals surface area contributed by atoms with Crippen LogP contribution in [0.5, 0.6) is 0 Å². The maximum atomic E-state index is 6.44. The van der Waals surface area contributed by atoms with E-state index in [2.05, 4.69) is 24.3 Å².